The summed E-state index contributed by atoms with van der Waals surface area (Å²) < 4.78 is 7.85. The van der Waals surface area contributed by atoms with Crippen LogP contribution in [0.5, 0.6) is 0 Å². The van der Waals surface area contributed by atoms with Crippen molar-refractivity contribution in [3.8, 4) is 11.5 Å². The van der Waals surface area contributed by atoms with Gasteiger partial charge in [-0.1, -0.05) is 37.6 Å². The Bertz CT molecular complexity index is 732. The molecule has 108 valence electrons. The molecule has 3 rings (SSSR count). The van der Waals surface area contributed by atoms with Crippen LogP contribution in [0, 0.1) is 6.92 Å². The molecule has 3 nitrogen and oxygen atoms in total. The van der Waals surface area contributed by atoms with Gasteiger partial charge in [0.25, 0.3) is 0 Å². The van der Waals surface area contributed by atoms with Gasteiger partial charge in [0.2, 0.25) is 5.58 Å². The first-order chi connectivity index (χ1) is 10.3. The molecule has 0 N–H and O–H groups in total. The summed E-state index contributed by atoms with van der Waals surface area (Å²) >= 11 is 0. The molecule has 0 atom stereocenters. The fraction of sp³-hybridized carbons (Fsp3) is 0.278. The van der Waals surface area contributed by atoms with Gasteiger partial charge in [0.15, 0.2) is 6.61 Å². The monoisotopic (exact) mass is 282 g/mol. The maximum atomic E-state index is 6.03. The van der Waals surface area contributed by atoms with Crippen molar-refractivity contribution >= 4 is 11.1 Å². The number of hydrogen-bond acceptors (Lipinski definition) is 2. The van der Waals surface area contributed by atoms with Gasteiger partial charge in [-0.3, -0.25) is 4.84 Å². The summed E-state index contributed by atoms with van der Waals surface area (Å²) in [5, 5.41) is 0. The molecular weight excluding hydrogens is 262 g/mol. The number of oxazole rings is 1. The highest BCUT2D eigenvalue weighted by Crippen LogP contribution is 2.22. The normalized spacial score (nSPS) is 11.0. The Labute approximate surface area is 124 Å². The fourth-order valence-electron chi connectivity index (χ4n) is 2.31. The van der Waals surface area contributed by atoms with Crippen molar-refractivity contribution in [3.05, 3.63) is 54.1 Å². The molecule has 2 aromatic carbocycles. The first-order valence-electron chi connectivity index (χ1n) is 7.43. The summed E-state index contributed by atoms with van der Waals surface area (Å²) in [6.07, 6.45) is 2.13. The molecule has 1 heterocycles. The van der Waals surface area contributed by atoms with Crippen LogP contribution in [0.4, 0.5) is 0 Å². The van der Waals surface area contributed by atoms with E-state index in [1.807, 2.05) is 47.2 Å². The predicted molar refractivity (Wildman–Crippen MR) is 82.9 cm³/mol. The second-order valence-electron chi connectivity index (χ2n) is 5.23. The molecule has 0 radical (unpaired) electrons. The fourth-order valence-corrected chi connectivity index (χ4v) is 2.31. The molecule has 0 saturated heterocycles. The van der Waals surface area contributed by atoms with Gasteiger partial charge in [-0.2, -0.15) is 0 Å². The smallest absolute Gasteiger partial charge is 0.394 e. The molecule has 3 aromatic rings. The van der Waals surface area contributed by atoms with Crippen molar-refractivity contribution in [2.75, 3.05) is 6.61 Å². The van der Waals surface area contributed by atoms with E-state index in [1.54, 1.807) is 0 Å². The highest BCUT2D eigenvalue weighted by molar-refractivity contribution is 5.72. The highest BCUT2D eigenvalue weighted by atomic mass is 16.7. The zero-order valence-corrected chi connectivity index (χ0v) is 12.5. The maximum Gasteiger partial charge on any atom is 0.430 e. The Kier molecular flexibility index (Phi) is 3.91. The van der Waals surface area contributed by atoms with Gasteiger partial charge in [0, 0.05) is 6.07 Å². The lowest BCUT2D eigenvalue weighted by atomic mass is 10.2. The summed E-state index contributed by atoms with van der Waals surface area (Å²) in [6.45, 7) is 4.90. The quantitative estimate of drug-likeness (QED) is 0.523. The second-order valence-corrected chi connectivity index (χ2v) is 5.23. The molecule has 0 unspecified atom stereocenters. The maximum absolute atomic E-state index is 6.03. The van der Waals surface area contributed by atoms with Crippen molar-refractivity contribution in [1.82, 2.24) is 0 Å². The van der Waals surface area contributed by atoms with Crippen LogP contribution in [0.15, 0.2) is 52.9 Å². The van der Waals surface area contributed by atoms with Gasteiger partial charge >= 0.3 is 11.4 Å². The topological polar surface area (TPSA) is 26.2 Å². The minimum absolute atomic E-state index is 0.684. The molecule has 0 saturated carbocycles. The van der Waals surface area contributed by atoms with E-state index in [0.29, 0.717) is 6.61 Å². The van der Waals surface area contributed by atoms with Crippen molar-refractivity contribution in [1.29, 1.82) is 0 Å². The Morgan fingerprint density at radius 1 is 1.10 bits per heavy atom. The molecule has 21 heavy (non-hydrogen) atoms. The molecule has 3 heteroatoms. The molecule has 0 aliphatic rings. The number of aromatic nitrogens is 1. The van der Waals surface area contributed by atoms with Crippen LogP contribution in [-0.2, 0) is 0 Å². The van der Waals surface area contributed by atoms with E-state index in [-0.39, 0.29) is 0 Å². The van der Waals surface area contributed by atoms with Crippen LogP contribution >= 0.6 is 0 Å². The summed E-state index contributed by atoms with van der Waals surface area (Å²) in [6, 6.07) is 16.2. The van der Waals surface area contributed by atoms with Crippen LogP contribution in [0.3, 0.4) is 0 Å². The third kappa shape index (κ3) is 2.77. The van der Waals surface area contributed by atoms with Gasteiger partial charge < -0.3 is 4.42 Å². The van der Waals surface area contributed by atoms with E-state index in [4.69, 9.17) is 9.25 Å². The molecule has 0 bridgehead atoms. The minimum Gasteiger partial charge on any atom is -0.394 e. The second kappa shape index (κ2) is 6.00. The van der Waals surface area contributed by atoms with E-state index in [9.17, 15) is 0 Å². The van der Waals surface area contributed by atoms with E-state index >= 15 is 0 Å². The van der Waals surface area contributed by atoms with Gasteiger partial charge in [0.1, 0.15) is 0 Å². The van der Waals surface area contributed by atoms with Gasteiger partial charge in [-0.15, -0.1) is 0 Å². The number of fused-ring (bicyclic) bond motifs is 1. The molecule has 0 aliphatic heterocycles. The average Bonchev–Trinajstić information content (AvgIpc) is 2.86. The number of aryl methyl sites for hydroxylation is 1. The first kappa shape index (κ1) is 13.7. The molecule has 1 aromatic heterocycles. The van der Waals surface area contributed by atoms with Crippen molar-refractivity contribution in [2.45, 2.75) is 26.7 Å². The SMILES string of the molecule is CCCCO[n+]1c(-c2ccccc2)oc2cc(C)ccc21. The van der Waals surface area contributed by atoms with Crippen molar-refractivity contribution < 1.29 is 14.0 Å². The Morgan fingerprint density at radius 2 is 1.90 bits per heavy atom. The summed E-state index contributed by atoms with van der Waals surface area (Å²) in [5.41, 5.74) is 4.01. The van der Waals surface area contributed by atoms with Crippen LogP contribution in [0.2, 0.25) is 0 Å². The lowest BCUT2D eigenvalue weighted by molar-refractivity contribution is -0.865. The molecule has 0 amide bonds. The average molecular weight is 282 g/mol. The number of unbranched alkanes of at least 4 members (excludes halogenated alkanes) is 1. The van der Waals surface area contributed by atoms with E-state index in [0.717, 1.165) is 35.4 Å². The highest BCUT2D eigenvalue weighted by Gasteiger charge is 2.26. The summed E-state index contributed by atoms with van der Waals surface area (Å²) in [7, 11) is 0. The third-order valence-corrected chi connectivity index (χ3v) is 3.46. The van der Waals surface area contributed by atoms with Crippen LogP contribution in [0.25, 0.3) is 22.6 Å². The lowest BCUT2D eigenvalue weighted by Crippen LogP contribution is -2.43. The zero-order chi connectivity index (χ0) is 14.7. The molecule has 0 spiro atoms. The molecule has 0 aliphatic carbocycles. The zero-order valence-electron chi connectivity index (χ0n) is 12.5. The third-order valence-electron chi connectivity index (χ3n) is 3.46. The standard InChI is InChI=1S/C18H20NO2/c1-3-4-12-20-19-16-11-10-14(2)13-17(16)21-18(19)15-8-6-5-7-9-15/h5-11,13H,3-4,12H2,1-2H3/q+1. The van der Waals surface area contributed by atoms with Gasteiger partial charge in [0.05, 0.1) is 10.3 Å². The number of hydrogen-bond donors (Lipinski definition) is 0. The lowest BCUT2D eigenvalue weighted by Gasteiger charge is -1.97. The molecular formula is C18H20NO2+. The Balaban J connectivity index is 2.10. The van der Waals surface area contributed by atoms with Crippen molar-refractivity contribution in [2.24, 2.45) is 0 Å². The van der Waals surface area contributed by atoms with Gasteiger partial charge in [-0.05, 0) is 37.1 Å². The Hall–Kier alpha value is -2.29. The van der Waals surface area contributed by atoms with Gasteiger partial charge in [-0.25, -0.2) is 0 Å². The van der Waals surface area contributed by atoms with Crippen LogP contribution in [-0.4, -0.2) is 6.61 Å². The number of rotatable bonds is 5. The minimum atomic E-state index is 0.684. The number of benzene rings is 2. The molecule has 0 fully saturated rings. The largest absolute Gasteiger partial charge is 0.430 e. The van der Waals surface area contributed by atoms with E-state index in [1.165, 1.54) is 5.56 Å². The summed E-state index contributed by atoms with van der Waals surface area (Å²) in [5.74, 6) is 0.743. The first-order valence-corrected chi connectivity index (χ1v) is 7.43. The van der Waals surface area contributed by atoms with Crippen LogP contribution < -0.4 is 9.57 Å². The number of nitrogens with zero attached hydrogens (tertiary/aromatic N) is 1. The summed E-state index contributed by atoms with van der Waals surface area (Å²) in [4.78, 5) is 5.95. The van der Waals surface area contributed by atoms with Crippen molar-refractivity contribution in [3.63, 3.8) is 0 Å². The Morgan fingerprint density at radius 3 is 2.67 bits per heavy atom. The van der Waals surface area contributed by atoms with E-state index < -0.39 is 0 Å². The van der Waals surface area contributed by atoms with Crippen LogP contribution in [0.1, 0.15) is 25.3 Å². The predicted octanol–water partition coefficient (Wildman–Crippen LogP) is 3.92. The van der Waals surface area contributed by atoms with E-state index in [2.05, 4.69) is 19.9 Å².